The Bertz CT molecular complexity index is 1120. The number of nitrogens with zero attached hydrogens (tertiary/aromatic N) is 1. The minimum absolute atomic E-state index is 0.0168. The molecule has 1 fully saturated rings. The Kier molecular flexibility index (Phi) is 6.52. The number of imide groups is 1. The molecule has 0 bridgehead atoms. The van der Waals surface area contributed by atoms with E-state index in [2.05, 4.69) is 10.6 Å². The summed E-state index contributed by atoms with van der Waals surface area (Å²) in [4.78, 5) is 51.1. The van der Waals surface area contributed by atoms with Gasteiger partial charge in [0.2, 0.25) is 5.91 Å². The summed E-state index contributed by atoms with van der Waals surface area (Å²) in [6.07, 6.45) is 0. The number of anilines is 1. The Morgan fingerprint density at radius 1 is 1.06 bits per heavy atom. The van der Waals surface area contributed by atoms with Crippen molar-refractivity contribution in [2.45, 2.75) is 12.5 Å². The van der Waals surface area contributed by atoms with E-state index in [1.54, 1.807) is 0 Å². The predicted molar refractivity (Wildman–Crippen MR) is 114 cm³/mol. The number of hydrogen-bond donors (Lipinski definition) is 2. The molecule has 10 nitrogen and oxygen atoms in total. The number of rotatable bonds is 7. The zero-order valence-electron chi connectivity index (χ0n) is 18.4. The zero-order chi connectivity index (χ0) is 24.3. The third-order valence-corrected chi connectivity index (χ3v) is 5.20. The lowest BCUT2D eigenvalue weighted by molar-refractivity contribution is -0.133. The molecular formula is C22H22FN3O7. The van der Waals surface area contributed by atoms with E-state index in [4.69, 9.17) is 14.2 Å². The summed E-state index contributed by atoms with van der Waals surface area (Å²) < 4.78 is 28.4. The second-order valence-electron chi connectivity index (χ2n) is 7.25. The number of carbonyl (C=O) groups excluding carboxylic acids is 4. The molecule has 1 aliphatic rings. The van der Waals surface area contributed by atoms with E-state index in [1.807, 2.05) is 0 Å². The van der Waals surface area contributed by atoms with Gasteiger partial charge in [-0.3, -0.25) is 14.5 Å². The van der Waals surface area contributed by atoms with E-state index in [0.29, 0.717) is 5.56 Å². The lowest BCUT2D eigenvalue weighted by Gasteiger charge is -2.22. The Hall–Kier alpha value is -4.15. The van der Waals surface area contributed by atoms with Gasteiger partial charge in [0.15, 0.2) is 11.5 Å². The molecule has 33 heavy (non-hydrogen) atoms. The topological polar surface area (TPSA) is 123 Å². The molecule has 0 saturated carbocycles. The van der Waals surface area contributed by atoms with E-state index < -0.39 is 41.7 Å². The van der Waals surface area contributed by atoms with Crippen LogP contribution in [0.25, 0.3) is 0 Å². The number of ether oxygens (including phenoxy) is 3. The van der Waals surface area contributed by atoms with Crippen molar-refractivity contribution in [3.63, 3.8) is 0 Å². The predicted octanol–water partition coefficient (Wildman–Crippen LogP) is 2.04. The van der Waals surface area contributed by atoms with E-state index in [9.17, 15) is 23.6 Å². The summed E-state index contributed by atoms with van der Waals surface area (Å²) >= 11 is 0. The minimum Gasteiger partial charge on any atom is -0.493 e. The van der Waals surface area contributed by atoms with E-state index in [1.165, 1.54) is 64.7 Å². The van der Waals surface area contributed by atoms with Crippen LogP contribution in [0.5, 0.6) is 11.5 Å². The number of nitrogens with one attached hydrogen (secondary N) is 2. The lowest BCUT2D eigenvalue weighted by Crippen LogP contribution is -2.42. The van der Waals surface area contributed by atoms with Gasteiger partial charge in [-0.1, -0.05) is 12.1 Å². The standard InChI is InChI=1S/C22H22FN3O7/c1-22(12-5-7-13(23)8-6-12)20(29)26(21(30)25-22)11-18(27)24-15-10-17(32-3)16(31-2)9-14(15)19(28)33-4/h5-10H,11H2,1-4H3,(H,24,27)(H,25,30). The van der Waals surface area contributed by atoms with Crippen molar-refractivity contribution in [3.8, 4) is 11.5 Å². The number of carbonyl (C=O) groups is 4. The first kappa shape index (κ1) is 23.5. The summed E-state index contributed by atoms with van der Waals surface area (Å²) in [7, 11) is 3.94. The van der Waals surface area contributed by atoms with Crippen LogP contribution in [0.15, 0.2) is 36.4 Å². The number of esters is 1. The van der Waals surface area contributed by atoms with Crippen LogP contribution in [0, 0.1) is 5.82 Å². The first-order chi connectivity index (χ1) is 15.6. The number of methoxy groups -OCH3 is 3. The fraction of sp³-hybridized carbons (Fsp3) is 0.273. The second-order valence-corrected chi connectivity index (χ2v) is 7.25. The zero-order valence-corrected chi connectivity index (χ0v) is 18.4. The molecule has 0 aromatic heterocycles. The normalized spacial score (nSPS) is 17.4. The first-order valence-corrected chi connectivity index (χ1v) is 9.69. The molecule has 2 aromatic carbocycles. The molecule has 174 valence electrons. The minimum atomic E-state index is -1.47. The van der Waals surface area contributed by atoms with Gasteiger partial charge in [0, 0.05) is 12.1 Å². The molecule has 3 rings (SSSR count). The molecule has 2 N–H and O–H groups in total. The third kappa shape index (κ3) is 4.43. The molecule has 1 saturated heterocycles. The van der Waals surface area contributed by atoms with Crippen LogP contribution in [0.3, 0.4) is 0 Å². The van der Waals surface area contributed by atoms with Crippen LogP contribution in [0.1, 0.15) is 22.8 Å². The lowest BCUT2D eigenvalue weighted by atomic mass is 9.92. The highest BCUT2D eigenvalue weighted by Gasteiger charge is 2.49. The monoisotopic (exact) mass is 459 g/mol. The SMILES string of the molecule is COC(=O)c1cc(OC)c(OC)cc1NC(=O)CN1C(=O)NC(C)(c2ccc(F)cc2)C1=O. The number of amides is 4. The molecule has 2 aromatic rings. The number of benzene rings is 2. The van der Waals surface area contributed by atoms with Crippen molar-refractivity contribution in [3.05, 3.63) is 53.3 Å². The van der Waals surface area contributed by atoms with Crippen molar-refractivity contribution in [2.75, 3.05) is 33.2 Å². The average molecular weight is 459 g/mol. The third-order valence-electron chi connectivity index (χ3n) is 5.20. The highest BCUT2D eigenvalue weighted by molar-refractivity contribution is 6.11. The fourth-order valence-corrected chi connectivity index (χ4v) is 3.41. The summed E-state index contributed by atoms with van der Waals surface area (Å²) in [5.41, 5.74) is -1.08. The first-order valence-electron chi connectivity index (χ1n) is 9.69. The molecule has 0 spiro atoms. The highest BCUT2D eigenvalue weighted by Crippen LogP contribution is 2.34. The number of urea groups is 1. The molecule has 0 radical (unpaired) electrons. The van der Waals surface area contributed by atoms with Crippen LogP contribution < -0.4 is 20.1 Å². The summed E-state index contributed by atoms with van der Waals surface area (Å²) in [5, 5.41) is 5.03. The average Bonchev–Trinajstić information content (AvgIpc) is 3.02. The van der Waals surface area contributed by atoms with Crippen molar-refractivity contribution >= 4 is 29.5 Å². The molecule has 1 aliphatic heterocycles. The molecule has 1 unspecified atom stereocenters. The highest BCUT2D eigenvalue weighted by atomic mass is 19.1. The van der Waals surface area contributed by atoms with Crippen molar-refractivity contribution in [2.24, 2.45) is 0 Å². The van der Waals surface area contributed by atoms with Crippen molar-refractivity contribution in [1.82, 2.24) is 10.2 Å². The second kappa shape index (κ2) is 9.15. The van der Waals surface area contributed by atoms with E-state index in [-0.39, 0.29) is 22.7 Å². The quantitative estimate of drug-likeness (QED) is 0.480. The van der Waals surface area contributed by atoms with Gasteiger partial charge in [-0.25, -0.2) is 14.0 Å². The Morgan fingerprint density at radius 3 is 2.24 bits per heavy atom. The molecule has 1 atom stereocenters. The number of halogens is 1. The molecular weight excluding hydrogens is 437 g/mol. The Morgan fingerprint density at radius 2 is 1.67 bits per heavy atom. The van der Waals surface area contributed by atoms with Gasteiger partial charge in [-0.15, -0.1) is 0 Å². The van der Waals surface area contributed by atoms with Crippen molar-refractivity contribution in [1.29, 1.82) is 0 Å². The van der Waals surface area contributed by atoms with E-state index in [0.717, 1.165) is 4.90 Å². The van der Waals surface area contributed by atoms with Gasteiger partial charge in [-0.2, -0.15) is 0 Å². The van der Waals surface area contributed by atoms with Crippen LogP contribution in [0.2, 0.25) is 0 Å². The van der Waals surface area contributed by atoms with Gasteiger partial charge in [-0.05, 0) is 24.6 Å². The van der Waals surface area contributed by atoms with Crippen LogP contribution in [0.4, 0.5) is 14.9 Å². The van der Waals surface area contributed by atoms with Crippen molar-refractivity contribution < 1.29 is 37.8 Å². The molecule has 4 amide bonds. The van der Waals surface area contributed by atoms with Gasteiger partial charge in [0.05, 0.1) is 32.6 Å². The van der Waals surface area contributed by atoms with Gasteiger partial charge in [0.1, 0.15) is 17.9 Å². The smallest absolute Gasteiger partial charge is 0.340 e. The largest absolute Gasteiger partial charge is 0.493 e. The molecule has 11 heteroatoms. The van der Waals surface area contributed by atoms with Gasteiger partial charge >= 0.3 is 12.0 Å². The van der Waals surface area contributed by atoms with E-state index >= 15 is 0 Å². The maximum Gasteiger partial charge on any atom is 0.340 e. The maximum atomic E-state index is 13.3. The summed E-state index contributed by atoms with van der Waals surface area (Å²) in [6, 6.07) is 6.99. The molecule has 0 aliphatic carbocycles. The maximum absolute atomic E-state index is 13.3. The van der Waals surface area contributed by atoms with Gasteiger partial charge in [0.25, 0.3) is 5.91 Å². The summed E-state index contributed by atoms with van der Waals surface area (Å²) in [5.74, 6) is -2.20. The van der Waals surface area contributed by atoms with Crippen LogP contribution in [-0.2, 0) is 19.9 Å². The fourth-order valence-electron chi connectivity index (χ4n) is 3.41. The number of hydrogen-bond acceptors (Lipinski definition) is 7. The summed E-state index contributed by atoms with van der Waals surface area (Å²) in [6.45, 7) is 0.832. The van der Waals surface area contributed by atoms with Crippen LogP contribution >= 0.6 is 0 Å². The Labute approximate surface area is 188 Å². The van der Waals surface area contributed by atoms with Gasteiger partial charge < -0.3 is 24.8 Å². The van der Waals surface area contributed by atoms with Crippen LogP contribution in [-0.4, -0.2) is 56.6 Å². The Balaban J connectivity index is 1.83. The molecule has 1 heterocycles.